The number of rotatable bonds is 7. The summed E-state index contributed by atoms with van der Waals surface area (Å²) < 4.78 is 0. The predicted molar refractivity (Wildman–Crippen MR) is 84.7 cm³/mol. The number of carbonyl (C=O) groups excluding carboxylic acids is 1. The monoisotopic (exact) mass is 313 g/mol. The summed E-state index contributed by atoms with van der Waals surface area (Å²) in [5, 5.41) is 11.6. The lowest BCUT2D eigenvalue weighted by atomic mass is 10.2. The van der Waals surface area contributed by atoms with Crippen LogP contribution in [0.3, 0.4) is 0 Å². The van der Waals surface area contributed by atoms with Gasteiger partial charge >= 0.3 is 5.97 Å². The van der Waals surface area contributed by atoms with Gasteiger partial charge in [-0.1, -0.05) is 19.1 Å². The lowest BCUT2D eigenvalue weighted by molar-refractivity contribution is -0.136. The zero-order valence-electron chi connectivity index (χ0n) is 11.8. The van der Waals surface area contributed by atoms with Crippen LogP contribution < -0.4 is 5.32 Å². The standard InChI is InChI=1S/C14H19NO3S2/c1-9(19-3)8-15-13(16)11-6-4-5-7-12(11)20-10(2)14(17)18/h4-7,9-10H,8H2,1-3H3,(H,15,16)(H,17,18). The van der Waals surface area contributed by atoms with E-state index in [2.05, 4.69) is 5.32 Å². The number of carbonyl (C=O) groups is 2. The van der Waals surface area contributed by atoms with Gasteiger partial charge in [0.05, 0.1) is 5.56 Å². The molecule has 110 valence electrons. The Labute approximate surface area is 127 Å². The Hall–Kier alpha value is -1.14. The van der Waals surface area contributed by atoms with Crippen LogP contribution in [-0.4, -0.2) is 40.3 Å². The van der Waals surface area contributed by atoms with E-state index in [1.807, 2.05) is 13.2 Å². The van der Waals surface area contributed by atoms with Gasteiger partial charge < -0.3 is 10.4 Å². The smallest absolute Gasteiger partial charge is 0.316 e. The van der Waals surface area contributed by atoms with Crippen molar-refractivity contribution in [2.45, 2.75) is 29.2 Å². The van der Waals surface area contributed by atoms with Gasteiger partial charge in [0, 0.05) is 16.7 Å². The van der Waals surface area contributed by atoms with Crippen molar-refractivity contribution in [2.75, 3.05) is 12.8 Å². The highest BCUT2D eigenvalue weighted by atomic mass is 32.2. The molecule has 6 heteroatoms. The molecule has 0 aromatic heterocycles. The van der Waals surface area contributed by atoms with Gasteiger partial charge in [0.15, 0.2) is 0 Å². The fourth-order valence-corrected chi connectivity index (χ4v) is 2.59. The summed E-state index contributed by atoms with van der Waals surface area (Å²) in [4.78, 5) is 23.8. The van der Waals surface area contributed by atoms with Crippen molar-refractivity contribution in [3.63, 3.8) is 0 Å². The van der Waals surface area contributed by atoms with Crippen LogP contribution in [-0.2, 0) is 4.79 Å². The largest absolute Gasteiger partial charge is 0.480 e. The van der Waals surface area contributed by atoms with Crippen molar-refractivity contribution in [3.8, 4) is 0 Å². The number of amides is 1. The van der Waals surface area contributed by atoms with Crippen LogP contribution >= 0.6 is 23.5 Å². The van der Waals surface area contributed by atoms with Crippen LogP contribution in [0.5, 0.6) is 0 Å². The van der Waals surface area contributed by atoms with Crippen LogP contribution in [0.4, 0.5) is 0 Å². The summed E-state index contributed by atoms with van der Waals surface area (Å²) >= 11 is 2.86. The Kier molecular flexibility index (Phi) is 6.95. The summed E-state index contributed by atoms with van der Waals surface area (Å²) in [6.45, 7) is 4.24. The highest BCUT2D eigenvalue weighted by Gasteiger charge is 2.17. The number of aliphatic carboxylic acids is 1. The van der Waals surface area contributed by atoms with Crippen LogP contribution in [0.15, 0.2) is 29.2 Å². The molecule has 0 saturated heterocycles. The van der Waals surface area contributed by atoms with Crippen molar-refractivity contribution in [2.24, 2.45) is 0 Å². The molecule has 2 unspecified atom stereocenters. The van der Waals surface area contributed by atoms with Gasteiger partial charge in [0.2, 0.25) is 0 Å². The molecule has 0 radical (unpaired) electrons. The number of carboxylic acids is 1. The van der Waals surface area contributed by atoms with Gasteiger partial charge in [-0.15, -0.1) is 11.8 Å². The molecular formula is C14H19NO3S2. The average molecular weight is 313 g/mol. The fourth-order valence-electron chi connectivity index (χ4n) is 1.41. The number of benzene rings is 1. The van der Waals surface area contributed by atoms with Crippen LogP contribution in [0, 0.1) is 0 Å². The Morgan fingerprint density at radius 1 is 1.30 bits per heavy atom. The summed E-state index contributed by atoms with van der Waals surface area (Å²) in [6.07, 6.45) is 2.00. The van der Waals surface area contributed by atoms with Crippen LogP contribution in [0.25, 0.3) is 0 Å². The maximum Gasteiger partial charge on any atom is 0.316 e. The third kappa shape index (κ3) is 5.09. The number of nitrogens with one attached hydrogen (secondary N) is 1. The molecule has 0 aliphatic carbocycles. The lowest BCUT2D eigenvalue weighted by Gasteiger charge is -2.13. The van der Waals surface area contributed by atoms with E-state index in [0.717, 1.165) is 0 Å². The first kappa shape index (κ1) is 16.9. The average Bonchev–Trinajstić information content (AvgIpc) is 2.44. The molecule has 1 aromatic rings. The predicted octanol–water partition coefficient (Wildman–Crippen LogP) is 2.73. The molecule has 20 heavy (non-hydrogen) atoms. The number of hydrogen-bond acceptors (Lipinski definition) is 4. The highest BCUT2D eigenvalue weighted by molar-refractivity contribution is 8.00. The Balaban J connectivity index is 2.79. The first-order valence-electron chi connectivity index (χ1n) is 6.25. The van der Waals surface area contributed by atoms with Crippen molar-refractivity contribution >= 4 is 35.4 Å². The molecule has 2 atom stereocenters. The maximum atomic E-state index is 12.2. The molecule has 0 bridgehead atoms. The van der Waals surface area contributed by atoms with E-state index in [1.54, 1.807) is 43.0 Å². The second kappa shape index (κ2) is 8.21. The quantitative estimate of drug-likeness (QED) is 0.758. The molecule has 0 fully saturated rings. The van der Waals surface area contributed by atoms with Crippen molar-refractivity contribution in [1.29, 1.82) is 0 Å². The minimum absolute atomic E-state index is 0.161. The first-order chi connectivity index (χ1) is 9.45. The molecule has 0 heterocycles. The van der Waals surface area contributed by atoms with Crippen molar-refractivity contribution in [3.05, 3.63) is 29.8 Å². The second-order valence-electron chi connectivity index (χ2n) is 4.35. The van der Waals surface area contributed by atoms with Gasteiger partial charge in [-0.3, -0.25) is 9.59 Å². The zero-order chi connectivity index (χ0) is 15.1. The Morgan fingerprint density at radius 3 is 2.55 bits per heavy atom. The molecule has 0 aliphatic heterocycles. The van der Waals surface area contributed by atoms with E-state index >= 15 is 0 Å². The molecule has 1 amide bonds. The van der Waals surface area contributed by atoms with Gasteiger partial charge in [0.25, 0.3) is 5.91 Å². The van der Waals surface area contributed by atoms with Gasteiger partial charge in [-0.25, -0.2) is 0 Å². The Morgan fingerprint density at radius 2 is 1.95 bits per heavy atom. The molecule has 0 aliphatic rings. The highest BCUT2D eigenvalue weighted by Crippen LogP contribution is 2.27. The maximum absolute atomic E-state index is 12.2. The molecule has 0 saturated carbocycles. The second-order valence-corrected chi connectivity index (χ2v) is 7.01. The van der Waals surface area contributed by atoms with E-state index in [4.69, 9.17) is 5.11 Å². The number of carboxylic acid groups (broad SMARTS) is 1. The van der Waals surface area contributed by atoms with E-state index in [1.165, 1.54) is 11.8 Å². The topological polar surface area (TPSA) is 66.4 Å². The van der Waals surface area contributed by atoms with E-state index in [9.17, 15) is 9.59 Å². The fraction of sp³-hybridized carbons (Fsp3) is 0.429. The molecular weight excluding hydrogens is 294 g/mol. The molecule has 0 spiro atoms. The van der Waals surface area contributed by atoms with Gasteiger partial charge in [0.1, 0.15) is 5.25 Å². The minimum atomic E-state index is -0.888. The molecule has 1 rings (SSSR count). The van der Waals surface area contributed by atoms with Crippen molar-refractivity contribution in [1.82, 2.24) is 5.32 Å². The van der Waals surface area contributed by atoms with Crippen LogP contribution in [0.2, 0.25) is 0 Å². The number of hydrogen-bond donors (Lipinski definition) is 2. The van der Waals surface area contributed by atoms with E-state index < -0.39 is 11.2 Å². The van der Waals surface area contributed by atoms with Crippen molar-refractivity contribution < 1.29 is 14.7 Å². The van der Waals surface area contributed by atoms with Gasteiger partial charge in [-0.05, 0) is 25.3 Å². The summed E-state index contributed by atoms with van der Waals surface area (Å²) in [5.74, 6) is -1.05. The Bertz CT molecular complexity index is 479. The van der Waals surface area contributed by atoms with Crippen LogP contribution in [0.1, 0.15) is 24.2 Å². The number of thioether (sulfide) groups is 2. The SMILES string of the molecule is CSC(C)CNC(=O)c1ccccc1SC(C)C(=O)O. The third-order valence-electron chi connectivity index (χ3n) is 2.74. The third-order valence-corrected chi connectivity index (χ3v) is 4.87. The summed E-state index contributed by atoms with van der Waals surface area (Å²) in [5.41, 5.74) is 0.527. The zero-order valence-corrected chi connectivity index (χ0v) is 13.4. The summed E-state index contributed by atoms with van der Waals surface area (Å²) in [7, 11) is 0. The molecule has 2 N–H and O–H groups in total. The normalized spacial score (nSPS) is 13.6. The van der Waals surface area contributed by atoms with Gasteiger partial charge in [-0.2, -0.15) is 11.8 Å². The van der Waals surface area contributed by atoms with E-state index in [0.29, 0.717) is 22.3 Å². The molecule has 4 nitrogen and oxygen atoms in total. The minimum Gasteiger partial charge on any atom is -0.480 e. The lowest BCUT2D eigenvalue weighted by Crippen LogP contribution is -2.29. The van der Waals surface area contributed by atoms with E-state index in [-0.39, 0.29) is 5.91 Å². The molecule has 1 aromatic carbocycles. The first-order valence-corrected chi connectivity index (χ1v) is 8.42. The summed E-state index contributed by atoms with van der Waals surface area (Å²) in [6, 6.07) is 7.08.